The van der Waals surface area contributed by atoms with Gasteiger partial charge in [-0.15, -0.1) is 0 Å². The largest absolute Gasteiger partial charge is 0.348 e. The number of ketones is 1. The van der Waals surface area contributed by atoms with Crippen LogP contribution in [0.4, 0.5) is 10.1 Å². The minimum absolute atomic E-state index is 0.00573. The van der Waals surface area contributed by atoms with Crippen LogP contribution in [-0.2, 0) is 11.3 Å². The molecule has 1 N–H and O–H groups in total. The Morgan fingerprint density at radius 1 is 1.03 bits per heavy atom. The number of nitrogens with zero attached hydrogens (tertiary/aromatic N) is 1. The second-order valence-electron chi connectivity index (χ2n) is 7.34. The molecule has 3 aromatic carbocycles. The molecule has 160 valence electrons. The third-order valence-corrected chi connectivity index (χ3v) is 5.44. The van der Waals surface area contributed by atoms with Gasteiger partial charge in [-0.05, 0) is 59.7 Å². The first kappa shape index (κ1) is 21.5. The maximum Gasteiger partial charge on any atom is 0.262 e. The summed E-state index contributed by atoms with van der Waals surface area (Å²) in [4.78, 5) is 39.9. The average molecular weight is 449 g/mol. The number of carbonyl (C=O) groups excluding carboxylic acids is 3. The summed E-state index contributed by atoms with van der Waals surface area (Å²) >= 11 is 5.90. The van der Waals surface area contributed by atoms with E-state index in [9.17, 15) is 18.8 Å². The van der Waals surface area contributed by atoms with Crippen LogP contribution in [0.25, 0.3) is 6.08 Å². The molecule has 0 radical (unpaired) electrons. The number of carbonyl (C=O) groups is 3. The number of amides is 2. The molecule has 0 bridgehead atoms. The molecule has 5 nitrogen and oxygen atoms in total. The number of anilines is 1. The number of fused-ring (bicyclic) bond motifs is 1. The van der Waals surface area contributed by atoms with E-state index in [4.69, 9.17) is 11.6 Å². The van der Waals surface area contributed by atoms with Gasteiger partial charge in [0.2, 0.25) is 5.78 Å². The number of Topliss-reactive ketones (excluding diaryl/α,β-unsaturated/α-hetero) is 1. The highest BCUT2D eigenvalue weighted by Gasteiger charge is 2.33. The van der Waals surface area contributed by atoms with Gasteiger partial charge < -0.3 is 10.2 Å². The molecule has 7 heteroatoms. The van der Waals surface area contributed by atoms with Gasteiger partial charge in [0.15, 0.2) is 0 Å². The first-order valence-corrected chi connectivity index (χ1v) is 10.2. The normalized spacial score (nSPS) is 14.5. The summed E-state index contributed by atoms with van der Waals surface area (Å²) in [6.07, 6.45) is 1.52. The fourth-order valence-electron chi connectivity index (χ4n) is 3.42. The molecule has 0 spiro atoms. The van der Waals surface area contributed by atoms with Crippen LogP contribution in [0.3, 0.4) is 0 Å². The second kappa shape index (κ2) is 8.77. The van der Waals surface area contributed by atoms with Crippen LogP contribution in [-0.4, -0.2) is 24.6 Å². The van der Waals surface area contributed by atoms with E-state index in [0.717, 1.165) is 5.56 Å². The van der Waals surface area contributed by atoms with Crippen LogP contribution in [0.15, 0.2) is 72.3 Å². The van der Waals surface area contributed by atoms with Gasteiger partial charge in [-0.3, -0.25) is 14.4 Å². The van der Waals surface area contributed by atoms with E-state index < -0.39 is 11.7 Å². The number of rotatable bonds is 4. The molecule has 0 unspecified atom stereocenters. The molecule has 2 amide bonds. The third-order valence-electron chi connectivity index (χ3n) is 5.19. The Hall–Kier alpha value is -3.77. The summed E-state index contributed by atoms with van der Waals surface area (Å²) in [7, 11) is 1.58. The van der Waals surface area contributed by atoms with Crippen LogP contribution in [0.1, 0.15) is 31.8 Å². The Bertz CT molecular complexity index is 1250. The summed E-state index contributed by atoms with van der Waals surface area (Å²) in [5.74, 6) is -1.61. The highest BCUT2D eigenvalue weighted by molar-refractivity contribution is 6.36. The third kappa shape index (κ3) is 4.31. The molecule has 0 aromatic heterocycles. The number of halogens is 2. The lowest BCUT2D eigenvalue weighted by molar-refractivity contribution is -0.114. The first-order valence-electron chi connectivity index (χ1n) is 9.80. The zero-order chi connectivity index (χ0) is 22.8. The summed E-state index contributed by atoms with van der Waals surface area (Å²) in [5, 5.41) is 3.30. The van der Waals surface area contributed by atoms with Crippen LogP contribution < -0.4 is 10.2 Å². The molecule has 0 fully saturated rings. The van der Waals surface area contributed by atoms with Crippen LogP contribution in [0, 0.1) is 5.82 Å². The molecule has 1 heterocycles. The van der Waals surface area contributed by atoms with E-state index in [1.54, 1.807) is 55.6 Å². The Kier molecular flexibility index (Phi) is 5.88. The average Bonchev–Trinajstić information content (AvgIpc) is 2.80. The van der Waals surface area contributed by atoms with Gasteiger partial charge in [0, 0.05) is 29.7 Å². The second-order valence-corrected chi connectivity index (χ2v) is 7.78. The number of hydrogen-bond acceptors (Lipinski definition) is 3. The maximum absolute atomic E-state index is 13.1. The van der Waals surface area contributed by atoms with Gasteiger partial charge in [-0.25, -0.2) is 4.39 Å². The Morgan fingerprint density at radius 2 is 1.72 bits per heavy atom. The summed E-state index contributed by atoms with van der Waals surface area (Å²) in [6, 6.07) is 17.2. The zero-order valence-corrected chi connectivity index (χ0v) is 17.8. The van der Waals surface area contributed by atoms with E-state index in [0.29, 0.717) is 16.3 Å². The molecule has 1 aliphatic heterocycles. The van der Waals surface area contributed by atoms with E-state index in [2.05, 4.69) is 5.32 Å². The molecule has 1 aliphatic rings. The molecule has 0 atom stereocenters. The van der Waals surface area contributed by atoms with Gasteiger partial charge in [-0.2, -0.15) is 0 Å². The number of hydrogen-bond donors (Lipinski definition) is 1. The highest BCUT2D eigenvalue weighted by atomic mass is 35.5. The van der Waals surface area contributed by atoms with Crippen molar-refractivity contribution in [3.05, 3.63) is 105 Å². The molecular weight excluding hydrogens is 431 g/mol. The minimum Gasteiger partial charge on any atom is -0.348 e. The van der Waals surface area contributed by atoms with Crippen molar-refractivity contribution in [3.8, 4) is 0 Å². The molecule has 4 rings (SSSR count). The molecule has 3 aromatic rings. The molecular formula is C25H18ClFN2O3. The van der Waals surface area contributed by atoms with E-state index >= 15 is 0 Å². The number of benzene rings is 3. The summed E-state index contributed by atoms with van der Waals surface area (Å²) in [5.41, 5.74) is 2.40. The van der Waals surface area contributed by atoms with E-state index in [1.165, 1.54) is 29.2 Å². The number of likely N-dealkylation sites (N-methyl/N-ethyl adjacent to an activating group) is 1. The van der Waals surface area contributed by atoms with Gasteiger partial charge in [0.05, 0.1) is 11.3 Å². The highest BCUT2D eigenvalue weighted by Crippen LogP contribution is 2.31. The maximum atomic E-state index is 13.1. The van der Waals surface area contributed by atoms with Crippen molar-refractivity contribution in [3.63, 3.8) is 0 Å². The van der Waals surface area contributed by atoms with Crippen molar-refractivity contribution in [1.29, 1.82) is 0 Å². The summed E-state index contributed by atoms with van der Waals surface area (Å²) in [6.45, 7) is 0.213. The fourth-order valence-corrected chi connectivity index (χ4v) is 3.55. The lowest BCUT2D eigenvalue weighted by atomic mass is 9.92. The van der Waals surface area contributed by atoms with E-state index in [-0.39, 0.29) is 35.0 Å². The van der Waals surface area contributed by atoms with Crippen molar-refractivity contribution in [1.82, 2.24) is 5.32 Å². The van der Waals surface area contributed by atoms with Crippen LogP contribution >= 0.6 is 11.6 Å². The van der Waals surface area contributed by atoms with Crippen molar-refractivity contribution in [2.45, 2.75) is 6.54 Å². The van der Waals surface area contributed by atoms with Crippen molar-refractivity contribution in [2.75, 3.05) is 11.9 Å². The fraction of sp³-hybridized carbons (Fsp3) is 0.0800. The van der Waals surface area contributed by atoms with Crippen molar-refractivity contribution in [2.24, 2.45) is 0 Å². The molecule has 0 saturated heterocycles. The van der Waals surface area contributed by atoms with Crippen molar-refractivity contribution >= 4 is 41.0 Å². The Morgan fingerprint density at radius 3 is 2.41 bits per heavy atom. The minimum atomic E-state index is -0.453. The van der Waals surface area contributed by atoms with Gasteiger partial charge >= 0.3 is 0 Å². The standard InChI is InChI=1S/C25H18ClFN2O3/c1-29-22-11-6-17(24(31)28-14-16-4-9-19(27)10-5-16)13-20(22)23(30)21(25(29)32)12-15-2-7-18(26)8-3-15/h2-13H,14H2,1H3,(H,28,31)/b21-12+. The van der Waals surface area contributed by atoms with E-state index in [1.807, 2.05) is 0 Å². The lowest BCUT2D eigenvalue weighted by Crippen LogP contribution is -2.37. The van der Waals surface area contributed by atoms with Gasteiger partial charge in [-0.1, -0.05) is 35.9 Å². The topological polar surface area (TPSA) is 66.5 Å². The molecule has 0 aliphatic carbocycles. The van der Waals surface area contributed by atoms with Gasteiger partial charge in [0.1, 0.15) is 5.82 Å². The predicted molar refractivity (Wildman–Crippen MR) is 121 cm³/mol. The lowest BCUT2D eigenvalue weighted by Gasteiger charge is -2.27. The zero-order valence-electron chi connectivity index (χ0n) is 17.1. The van der Waals surface area contributed by atoms with Crippen LogP contribution in [0.2, 0.25) is 5.02 Å². The monoisotopic (exact) mass is 448 g/mol. The molecule has 0 saturated carbocycles. The quantitative estimate of drug-likeness (QED) is 0.466. The summed E-state index contributed by atoms with van der Waals surface area (Å²) < 4.78 is 13.0. The Balaban J connectivity index is 1.60. The number of nitrogens with one attached hydrogen (secondary N) is 1. The van der Waals surface area contributed by atoms with Gasteiger partial charge in [0.25, 0.3) is 11.8 Å². The van der Waals surface area contributed by atoms with Crippen LogP contribution in [0.5, 0.6) is 0 Å². The predicted octanol–water partition coefficient (Wildman–Crippen LogP) is 4.65. The smallest absolute Gasteiger partial charge is 0.262 e. The SMILES string of the molecule is CN1C(=O)/C(=C/c2ccc(Cl)cc2)C(=O)c2cc(C(=O)NCc3ccc(F)cc3)ccc21. The molecule has 32 heavy (non-hydrogen) atoms. The Labute approximate surface area is 189 Å². The first-order chi connectivity index (χ1) is 15.3. The van der Waals surface area contributed by atoms with Crippen molar-refractivity contribution < 1.29 is 18.8 Å².